The summed E-state index contributed by atoms with van der Waals surface area (Å²) in [4.78, 5) is 47.7. The van der Waals surface area contributed by atoms with Crippen LogP contribution in [0.15, 0.2) is 45.6 Å². The molecule has 1 amide bonds. The van der Waals surface area contributed by atoms with Crippen LogP contribution in [0.25, 0.3) is 0 Å². The average molecular weight is 572 g/mol. The van der Waals surface area contributed by atoms with Gasteiger partial charge >= 0.3 is 11.9 Å². The molecule has 0 aromatic heterocycles. The second-order valence-electron chi connectivity index (χ2n) is 10.1. The Hall–Kier alpha value is -3.47. The number of hydrogen-bond acceptors (Lipinski definition) is 10. The highest BCUT2D eigenvalue weighted by Crippen LogP contribution is 2.46. The quantitative estimate of drug-likeness (QED) is 0.398. The molecular weight excluding hydrogens is 534 g/mol. The number of carbonyl (C=O) groups is 3. The number of likely N-dealkylation sites (tertiary alicyclic amines) is 1. The predicted octanol–water partition coefficient (Wildman–Crippen LogP) is 4.42. The van der Waals surface area contributed by atoms with E-state index in [-0.39, 0.29) is 30.3 Å². The lowest BCUT2D eigenvalue weighted by Gasteiger charge is -2.37. The fraction of sp³-hybridized carbons (Fsp3) is 0.517. The summed E-state index contributed by atoms with van der Waals surface area (Å²) in [5.74, 6) is -0.0598. The van der Waals surface area contributed by atoms with Crippen LogP contribution in [0.2, 0.25) is 0 Å². The molecule has 3 heterocycles. The highest BCUT2D eigenvalue weighted by atomic mass is 32.2. The van der Waals surface area contributed by atoms with E-state index >= 15 is 0 Å². The van der Waals surface area contributed by atoms with Gasteiger partial charge in [0.05, 0.1) is 56.6 Å². The summed E-state index contributed by atoms with van der Waals surface area (Å²) in [7, 11) is 3.12. The summed E-state index contributed by atoms with van der Waals surface area (Å²) < 4.78 is 21.8. The number of amidine groups is 1. The SMILES string of the molecule is CCOC(=O)C1CCCN(C(=O)CC2=CSC3=NC(C)=C(C(=O)OC(C)C)C(c4ccc(OC)c(OC)c4)N23)C1. The second kappa shape index (κ2) is 12.8. The molecule has 1 aromatic rings. The topological polar surface area (TPSA) is 107 Å². The van der Waals surface area contributed by atoms with Crippen molar-refractivity contribution in [3.63, 3.8) is 0 Å². The van der Waals surface area contributed by atoms with Crippen LogP contribution in [-0.2, 0) is 23.9 Å². The highest BCUT2D eigenvalue weighted by molar-refractivity contribution is 8.16. The van der Waals surface area contributed by atoms with Crippen molar-refractivity contribution in [1.82, 2.24) is 9.80 Å². The molecule has 1 fully saturated rings. The number of benzene rings is 1. The standard InChI is InChI=1S/C29H37N3O7S/c1-7-38-27(34)20-9-8-12-31(15-20)24(33)14-21-16-40-29-30-18(4)25(28(35)39-17(2)3)26(32(21)29)19-10-11-22(36-5)23(13-19)37-6/h10-11,13,16-17,20,26H,7-9,12,14-15H2,1-6H3. The Morgan fingerprint density at radius 3 is 2.58 bits per heavy atom. The summed E-state index contributed by atoms with van der Waals surface area (Å²) in [5, 5.41) is 2.57. The minimum atomic E-state index is -0.596. The molecule has 10 nitrogen and oxygen atoms in total. The third-order valence-corrected chi connectivity index (χ3v) is 7.90. The summed E-state index contributed by atoms with van der Waals surface area (Å²) in [6.07, 6.45) is 1.22. The van der Waals surface area contributed by atoms with E-state index in [1.165, 1.54) is 11.8 Å². The minimum absolute atomic E-state index is 0.0919. The molecule has 0 spiro atoms. The Kier molecular flexibility index (Phi) is 9.44. The molecule has 1 aromatic carbocycles. The number of esters is 2. The number of thioether (sulfide) groups is 1. The maximum absolute atomic E-state index is 13.5. The number of nitrogens with zero attached hydrogens (tertiary/aromatic N) is 3. The number of aliphatic imine (C=N–C) groups is 1. The molecule has 1 saturated heterocycles. The lowest BCUT2D eigenvalue weighted by atomic mass is 9.93. The number of ether oxygens (including phenoxy) is 4. The second-order valence-corrected chi connectivity index (χ2v) is 10.9. The maximum atomic E-state index is 13.5. The maximum Gasteiger partial charge on any atom is 0.338 e. The number of rotatable bonds is 9. The van der Waals surface area contributed by atoms with Crippen LogP contribution >= 0.6 is 11.8 Å². The molecule has 0 saturated carbocycles. The lowest BCUT2D eigenvalue weighted by molar-refractivity contribution is -0.151. The molecule has 3 aliphatic rings. The monoisotopic (exact) mass is 571 g/mol. The molecule has 3 aliphatic heterocycles. The van der Waals surface area contributed by atoms with Gasteiger partial charge in [0.15, 0.2) is 16.7 Å². The molecule has 4 rings (SSSR count). The van der Waals surface area contributed by atoms with Crippen LogP contribution in [0.5, 0.6) is 11.5 Å². The van der Waals surface area contributed by atoms with Gasteiger partial charge in [-0.15, -0.1) is 0 Å². The van der Waals surface area contributed by atoms with Gasteiger partial charge < -0.3 is 28.7 Å². The summed E-state index contributed by atoms with van der Waals surface area (Å²) in [6.45, 7) is 8.41. The van der Waals surface area contributed by atoms with E-state index in [0.29, 0.717) is 59.8 Å². The smallest absolute Gasteiger partial charge is 0.338 e. The van der Waals surface area contributed by atoms with Gasteiger partial charge in [-0.3, -0.25) is 9.59 Å². The zero-order valence-corrected chi connectivity index (χ0v) is 24.7. The van der Waals surface area contributed by atoms with E-state index < -0.39 is 12.0 Å². The number of piperidine rings is 1. The fourth-order valence-corrected chi connectivity index (χ4v) is 6.13. The number of carbonyl (C=O) groups excluding carboxylic acids is 3. The van der Waals surface area contributed by atoms with Crippen LogP contribution in [-0.4, -0.2) is 72.8 Å². The van der Waals surface area contributed by atoms with Gasteiger partial charge in [0.1, 0.15) is 0 Å². The Labute approximate surface area is 239 Å². The number of amides is 1. The van der Waals surface area contributed by atoms with Crippen molar-refractivity contribution >= 4 is 34.8 Å². The van der Waals surface area contributed by atoms with Gasteiger partial charge in [-0.2, -0.15) is 0 Å². The lowest BCUT2D eigenvalue weighted by Crippen LogP contribution is -2.44. The Bertz CT molecular complexity index is 1260. The molecule has 11 heteroatoms. The fourth-order valence-electron chi connectivity index (χ4n) is 5.17. The van der Waals surface area contributed by atoms with Crippen LogP contribution in [0.4, 0.5) is 0 Å². The highest BCUT2D eigenvalue weighted by Gasteiger charge is 2.42. The van der Waals surface area contributed by atoms with E-state index in [1.54, 1.807) is 52.9 Å². The number of allylic oxidation sites excluding steroid dienone is 1. The number of hydrogen-bond donors (Lipinski definition) is 0. The summed E-state index contributed by atoms with van der Waals surface area (Å²) >= 11 is 1.41. The molecule has 40 heavy (non-hydrogen) atoms. The first-order valence-corrected chi connectivity index (χ1v) is 14.4. The molecule has 0 bridgehead atoms. The Balaban J connectivity index is 1.66. The summed E-state index contributed by atoms with van der Waals surface area (Å²) in [5.41, 5.74) is 2.43. The van der Waals surface area contributed by atoms with E-state index in [4.69, 9.17) is 23.9 Å². The van der Waals surface area contributed by atoms with Crippen molar-refractivity contribution in [2.45, 2.75) is 59.1 Å². The van der Waals surface area contributed by atoms with Gasteiger partial charge in [0.2, 0.25) is 5.91 Å². The van der Waals surface area contributed by atoms with Gasteiger partial charge in [-0.05, 0) is 63.6 Å². The van der Waals surface area contributed by atoms with E-state index in [1.807, 2.05) is 22.4 Å². The Morgan fingerprint density at radius 2 is 1.90 bits per heavy atom. The van der Waals surface area contributed by atoms with E-state index in [0.717, 1.165) is 12.0 Å². The first-order valence-electron chi connectivity index (χ1n) is 13.5. The van der Waals surface area contributed by atoms with Gasteiger partial charge in [-0.1, -0.05) is 17.8 Å². The largest absolute Gasteiger partial charge is 0.493 e. The zero-order valence-electron chi connectivity index (χ0n) is 23.9. The minimum Gasteiger partial charge on any atom is -0.493 e. The molecule has 0 aliphatic carbocycles. The molecular formula is C29H37N3O7S. The third kappa shape index (κ3) is 6.14. The molecule has 0 radical (unpaired) electrons. The van der Waals surface area contributed by atoms with Crippen LogP contribution < -0.4 is 9.47 Å². The molecule has 2 atom stereocenters. The average Bonchev–Trinajstić information content (AvgIpc) is 3.33. The normalized spacial score (nSPS) is 20.6. The van der Waals surface area contributed by atoms with Crippen molar-refractivity contribution in [2.75, 3.05) is 33.9 Å². The van der Waals surface area contributed by atoms with Gasteiger partial charge in [-0.25, -0.2) is 9.79 Å². The van der Waals surface area contributed by atoms with Crippen molar-refractivity contribution in [2.24, 2.45) is 10.9 Å². The van der Waals surface area contributed by atoms with E-state index in [2.05, 4.69) is 0 Å². The van der Waals surface area contributed by atoms with E-state index in [9.17, 15) is 14.4 Å². The van der Waals surface area contributed by atoms with Crippen molar-refractivity contribution in [3.05, 3.63) is 46.1 Å². The molecule has 216 valence electrons. The van der Waals surface area contributed by atoms with Crippen LogP contribution in [0.1, 0.15) is 58.6 Å². The predicted molar refractivity (Wildman–Crippen MR) is 152 cm³/mol. The first-order chi connectivity index (χ1) is 19.2. The van der Waals surface area contributed by atoms with Crippen LogP contribution in [0.3, 0.4) is 0 Å². The molecule has 0 N–H and O–H groups in total. The first kappa shape index (κ1) is 29.5. The number of methoxy groups -OCH3 is 2. The van der Waals surface area contributed by atoms with Crippen molar-refractivity contribution < 1.29 is 33.3 Å². The van der Waals surface area contributed by atoms with Gasteiger partial charge in [0, 0.05) is 18.8 Å². The van der Waals surface area contributed by atoms with Crippen molar-refractivity contribution in [1.29, 1.82) is 0 Å². The van der Waals surface area contributed by atoms with Crippen LogP contribution in [0, 0.1) is 5.92 Å². The third-order valence-electron chi connectivity index (χ3n) is 7.01. The Morgan fingerprint density at radius 1 is 1.15 bits per heavy atom. The number of fused-ring (bicyclic) bond motifs is 1. The molecule has 2 unspecified atom stereocenters. The van der Waals surface area contributed by atoms with Gasteiger partial charge in [0.25, 0.3) is 0 Å². The van der Waals surface area contributed by atoms with Crippen molar-refractivity contribution in [3.8, 4) is 11.5 Å². The summed E-state index contributed by atoms with van der Waals surface area (Å²) in [6, 6.07) is 4.91. The zero-order chi connectivity index (χ0) is 29.0.